The molecule has 2 atom stereocenters. The predicted octanol–water partition coefficient (Wildman–Crippen LogP) is 1.53. The van der Waals surface area contributed by atoms with E-state index in [9.17, 15) is 9.59 Å². The van der Waals surface area contributed by atoms with Crippen LogP contribution in [0.3, 0.4) is 0 Å². The molecule has 3 rings (SSSR count). The number of aromatic amines is 1. The molecule has 0 bridgehead atoms. The van der Waals surface area contributed by atoms with Crippen LogP contribution in [0.1, 0.15) is 53.7 Å². The summed E-state index contributed by atoms with van der Waals surface area (Å²) in [6, 6.07) is 1.90. The fraction of sp³-hybridized carbons (Fsp3) is 0.625. The molecular formula is C16H24ClN3O2. The van der Waals surface area contributed by atoms with Gasteiger partial charge in [-0.2, -0.15) is 0 Å². The molecule has 6 heteroatoms. The Morgan fingerprint density at radius 3 is 2.82 bits per heavy atom. The zero-order chi connectivity index (χ0) is 14.8. The highest BCUT2D eigenvalue weighted by atomic mass is 35.5. The minimum atomic E-state index is -0.268. The van der Waals surface area contributed by atoms with Crippen molar-refractivity contribution in [3.05, 3.63) is 33.2 Å². The molecule has 1 amide bonds. The highest BCUT2D eigenvalue weighted by molar-refractivity contribution is 5.94. The molecular weight excluding hydrogens is 302 g/mol. The van der Waals surface area contributed by atoms with Crippen LogP contribution in [0.15, 0.2) is 10.9 Å². The van der Waals surface area contributed by atoms with Crippen LogP contribution >= 0.6 is 12.4 Å². The molecule has 4 N–H and O–H groups in total. The maximum atomic E-state index is 12.4. The Bertz CT molecular complexity index is 600. The van der Waals surface area contributed by atoms with Gasteiger partial charge in [0.2, 0.25) is 0 Å². The fourth-order valence-corrected chi connectivity index (χ4v) is 3.60. The third-order valence-electron chi connectivity index (χ3n) is 4.86. The lowest BCUT2D eigenvalue weighted by atomic mass is 9.95. The van der Waals surface area contributed by atoms with Gasteiger partial charge in [-0.1, -0.05) is 6.42 Å². The summed E-state index contributed by atoms with van der Waals surface area (Å²) in [5.41, 5.74) is 7.84. The van der Waals surface area contributed by atoms with Crippen LogP contribution < -0.4 is 16.6 Å². The number of rotatable bonds is 3. The number of carbonyl (C=O) groups is 1. The van der Waals surface area contributed by atoms with E-state index in [0.29, 0.717) is 12.5 Å². The minimum absolute atomic E-state index is 0. The van der Waals surface area contributed by atoms with Crippen molar-refractivity contribution >= 4 is 18.3 Å². The number of amides is 1. The lowest BCUT2D eigenvalue weighted by molar-refractivity contribution is 0.0927. The zero-order valence-corrected chi connectivity index (χ0v) is 13.5. The van der Waals surface area contributed by atoms with E-state index >= 15 is 0 Å². The molecule has 1 heterocycles. The third-order valence-corrected chi connectivity index (χ3v) is 4.86. The normalized spacial score (nSPS) is 23.5. The largest absolute Gasteiger partial charge is 0.349 e. The topological polar surface area (TPSA) is 88.0 Å². The Labute approximate surface area is 136 Å². The molecule has 2 aliphatic rings. The first-order chi connectivity index (χ1) is 10.2. The molecule has 2 aliphatic carbocycles. The Hall–Kier alpha value is -1.33. The van der Waals surface area contributed by atoms with E-state index < -0.39 is 0 Å². The highest BCUT2D eigenvalue weighted by Gasteiger charge is 2.28. The summed E-state index contributed by atoms with van der Waals surface area (Å²) in [6.45, 7) is 0.589. The molecule has 1 saturated carbocycles. The van der Waals surface area contributed by atoms with Gasteiger partial charge < -0.3 is 16.0 Å². The predicted molar refractivity (Wildman–Crippen MR) is 88.6 cm³/mol. The van der Waals surface area contributed by atoms with Crippen LogP contribution in [0.25, 0.3) is 0 Å². The summed E-state index contributed by atoms with van der Waals surface area (Å²) < 4.78 is 0. The zero-order valence-electron chi connectivity index (χ0n) is 12.7. The van der Waals surface area contributed by atoms with Gasteiger partial charge in [-0.3, -0.25) is 9.59 Å². The SMILES string of the molecule is Cl.NCC1CCCC1NC(=O)c1cc2c([nH]c1=O)CCCC2. The summed E-state index contributed by atoms with van der Waals surface area (Å²) in [5.74, 6) is 0.0839. The van der Waals surface area contributed by atoms with Crippen LogP contribution in [-0.2, 0) is 12.8 Å². The minimum Gasteiger partial charge on any atom is -0.349 e. The molecule has 122 valence electrons. The summed E-state index contributed by atoms with van der Waals surface area (Å²) in [5, 5.41) is 3.00. The molecule has 22 heavy (non-hydrogen) atoms. The van der Waals surface area contributed by atoms with E-state index in [2.05, 4.69) is 10.3 Å². The maximum Gasteiger partial charge on any atom is 0.261 e. The van der Waals surface area contributed by atoms with Crippen molar-refractivity contribution < 1.29 is 4.79 Å². The molecule has 0 spiro atoms. The average molecular weight is 326 g/mol. The third kappa shape index (κ3) is 3.36. The summed E-state index contributed by atoms with van der Waals surface area (Å²) in [6.07, 6.45) is 7.18. The van der Waals surface area contributed by atoms with Crippen LogP contribution in [0.4, 0.5) is 0 Å². The van der Waals surface area contributed by atoms with E-state index in [1.165, 1.54) is 0 Å². The van der Waals surface area contributed by atoms with Crippen LogP contribution in [0.5, 0.6) is 0 Å². The number of halogens is 1. The summed E-state index contributed by atoms with van der Waals surface area (Å²) in [7, 11) is 0. The van der Waals surface area contributed by atoms with Gasteiger partial charge in [0.15, 0.2) is 0 Å². The Balaban J connectivity index is 0.00000176. The van der Waals surface area contributed by atoms with Gasteiger partial charge in [0.25, 0.3) is 11.5 Å². The van der Waals surface area contributed by atoms with Gasteiger partial charge in [-0.25, -0.2) is 0 Å². The van der Waals surface area contributed by atoms with Crippen molar-refractivity contribution in [3.8, 4) is 0 Å². The standard InChI is InChI=1S/C16H23N3O2.ClH/c17-9-11-5-3-7-14(11)19-16(21)12-8-10-4-1-2-6-13(10)18-15(12)20;/h8,11,14H,1-7,9,17H2,(H,18,20)(H,19,21);1H. The Morgan fingerprint density at radius 1 is 1.27 bits per heavy atom. The first-order valence-corrected chi connectivity index (χ1v) is 7.95. The number of aromatic nitrogens is 1. The molecule has 1 fully saturated rings. The number of aryl methyl sites for hydroxylation is 2. The van der Waals surface area contributed by atoms with E-state index in [1.54, 1.807) is 6.07 Å². The van der Waals surface area contributed by atoms with E-state index in [4.69, 9.17) is 5.73 Å². The molecule has 5 nitrogen and oxygen atoms in total. The molecule has 0 radical (unpaired) electrons. The van der Waals surface area contributed by atoms with Gasteiger partial charge in [0.05, 0.1) is 0 Å². The quantitative estimate of drug-likeness (QED) is 0.787. The van der Waals surface area contributed by atoms with Crippen molar-refractivity contribution in [1.82, 2.24) is 10.3 Å². The lowest BCUT2D eigenvalue weighted by Gasteiger charge is -2.20. The maximum absolute atomic E-state index is 12.4. The smallest absolute Gasteiger partial charge is 0.261 e. The van der Waals surface area contributed by atoms with Crippen molar-refractivity contribution in [2.24, 2.45) is 11.7 Å². The number of nitrogens with two attached hydrogens (primary N) is 1. The lowest BCUT2D eigenvalue weighted by Crippen LogP contribution is -2.41. The van der Waals surface area contributed by atoms with Crippen molar-refractivity contribution in [1.29, 1.82) is 0 Å². The Morgan fingerprint density at radius 2 is 2.05 bits per heavy atom. The first-order valence-electron chi connectivity index (χ1n) is 7.95. The highest BCUT2D eigenvalue weighted by Crippen LogP contribution is 2.25. The number of fused-ring (bicyclic) bond motifs is 1. The number of carbonyl (C=O) groups excluding carboxylic acids is 1. The average Bonchev–Trinajstić information content (AvgIpc) is 2.93. The number of H-pyrrole nitrogens is 1. The molecule has 1 aromatic heterocycles. The fourth-order valence-electron chi connectivity index (χ4n) is 3.60. The second kappa shape index (κ2) is 7.29. The van der Waals surface area contributed by atoms with Crippen LogP contribution in [0, 0.1) is 5.92 Å². The second-order valence-electron chi connectivity index (χ2n) is 6.23. The molecule has 0 aromatic carbocycles. The van der Waals surface area contributed by atoms with Gasteiger partial charge in [-0.05, 0) is 62.6 Å². The summed E-state index contributed by atoms with van der Waals surface area (Å²) in [4.78, 5) is 27.4. The number of hydrogen-bond donors (Lipinski definition) is 3. The molecule has 0 saturated heterocycles. The Kier molecular flexibility index (Phi) is 5.64. The molecule has 1 aromatic rings. The second-order valence-corrected chi connectivity index (χ2v) is 6.23. The van der Waals surface area contributed by atoms with Gasteiger partial charge in [-0.15, -0.1) is 12.4 Å². The summed E-state index contributed by atoms with van der Waals surface area (Å²) >= 11 is 0. The number of hydrogen-bond acceptors (Lipinski definition) is 3. The number of pyridine rings is 1. The van der Waals surface area contributed by atoms with Crippen molar-refractivity contribution in [2.75, 3.05) is 6.54 Å². The number of nitrogens with one attached hydrogen (secondary N) is 2. The molecule has 0 aliphatic heterocycles. The van der Waals surface area contributed by atoms with Crippen molar-refractivity contribution in [2.45, 2.75) is 51.0 Å². The first kappa shape index (κ1) is 17.0. The molecule has 2 unspecified atom stereocenters. The van der Waals surface area contributed by atoms with Crippen molar-refractivity contribution in [3.63, 3.8) is 0 Å². The van der Waals surface area contributed by atoms with E-state index in [0.717, 1.165) is 56.2 Å². The van der Waals surface area contributed by atoms with Gasteiger partial charge in [0, 0.05) is 11.7 Å². The monoisotopic (exact) mass is 325 g/mol. The van der Waals surface area contributed by atoms with Gasteiger partial charge >= 0.3 is 0 Å². The van der Waals surface area contributed by atoms with E-state index in [1.807, 2.05) is 0 Å². The van der Waals surface area contributed by atoms with Crippen LogP contribution in [0.2, 0.25) is 0 Å². The van der Waals surface area contributed by atoms with Gasteiger partial charge in [0.1, 0.15) is 5.56 Å². The van der Waals surface area contributed by atoms with E-state index in [-0.39, 0.29) is 35.5 Å². The van der Waals surface area contributed by atoms with Crippen LogP contribution in [-0.4, -0.2) is 23.5 Å².